The van der Waals surface area contributed by atoms with Crippen molar-refractivity contribution in [1.82, 2.24) is 0 Å². The van der Waals surface area contributed by atoms with Crippen LogP contribution >= 0.6 is 0 Å². The maximum absolute atomic E-state index is 11.1. The molecule has 6 rings (SSSR count). The fourth-order valence-corrected chi connectivity index (χ4v) is 5.75. The second-order valence-corrected chi connectivity index (χ2v) is 8.67. The lowest BCUT2D eigenvalue weighted by Crippen LogP contribution is -2.40. The predicted octanol–water partition coefficient (Wildman–Crippen LogP) is 5.62. The van der Waals surface area contributed by atoms with Gasteiger partial charge in [0, 0.05) is 6.92 Å². The molecule has 140 valence electrons. The number of benzene rings is 2. The number of fused-ring (bicyclic) bond motifs is 1. The summed E-state index contributed by atoms with van der Waals surface area (Å²) in [4.78, 5) is 11.1. The molecular weight excluding hydrogens is 336 g/mol. The smallest absolute Gasteiger partial charge is 0.308 e. The van der Waals surface area contributed by atoms with E-state index in [-0.39, 0.29) is 5.97 Å². The van der Waals surface area contributed by atoms with Gasteiger partial charge in [0.05, 0.1) is 6.26 Å². The number of rotatable bonds is 4. The zero-order valence-corrected chi connectivity index (χ0v) is 15.8. The number of ether oxygens (including phenoxy) is 2. The standard InChI is InChI=1S/C24H26O3/c1-15(25)27-23-5-4-19-7-16(2-3-20(19)12-23)13-26-14-24-21-8-17-6-18(10-21)11-22(24)9-17/h2-5,7,12,14,17-18,21-22H,6,8-11,13H2,1H3. The van der Waals surface area contributed by atoms with Gasteiger partial charge in [0.1, 0.15) is 12.4 Å². The molecule has 0 amide bonds. The first-order valence-corrected chi connectivity index (χ1v) is 10.2. The number of allylic oxidation sites excluding steroid dienone is 1. The summed E-state index contributed by atoms with van der Waals surface area (Å²) in [5, 5.41) is 2.20. The average Bonchev–Trinajstić information content (AvgIpc) is 2.63. The van der Waals surface area contributed by atoms with Gasteiger partial charge in [-0.1, -0.05) is 18.2 Å². The van der Waals surface area contributed by atoms with Gasteiger partial charge in [0.2, 0.25) is 0 Å². The second kappa shape index (κ2) is 6.70. The summed E-state index contributed by atoms with van der Waals surface area (Å²) < 4.78 is 11.2. The molecule has 0 aliphatic heterocycles. The van der Waals surface area contributed by atoms with Gasteiger partial charge in [0.25, 0.3) is 0 Å². The van der Waals surface area contributed by atoms with Crippen LogP contribution in [-0.2, 0) is 16.1 Å². The van der Waals surface area contributed by atoms with Gasteiger partial charge in [0.15, 0.2) is 0 Å². The van der Waals surface area contributed by atoms with Crippen molar-refractivity contribution in [3.05, 3.63) is 53.8 Å². The lowest BCUT2D eigenvalue weighted by Gasteiger charge is -2.51. The molecule has 3 nitrogen and oxygen atoms in total. The lowest BCUT2D eigenvalue weighted by molar-refractivity contribution is -0.131. The minimum absolute atomic E-state index is 0.294. The predicted molar refractivity (Wildman–Crippen MR) is 105 cm³/mol. The molecule has 0 atom stereocenters. The second-order valence-electron chi connectivity index (χ2n) is 8.67. The van der Waals surface area contributed by atoms with E-state index >= 15 is 0 Å². The minimum atomic E-state index is -0.294. The van der Waals surface area contributed by atoms with Gasteiger partial charge in [-0.2, -0.15) is 0 Å². The van der Waals surface area contributed by atoms with Crippen molar-refractivity contribution >= 4 is 16.7 Å². The molecule has 2 aromatic rings. The van der Waals surface area contributed by atoms with Crippen LogP contribution in [0.25, 0.3) is 10.8 Å². The van der Waals surface area contributed by atoms with Gasteiger partial charge in [-0.3, -0.25) is 4.79 Å². The van der Waals surface area contributed by atoms with Gasteiger partial charge in [-0.15, -0.1) is 0 Å². The molecular formula is C24H26O3. The molecule has 0 unspecified atom stereocenters. The van der Waals surface area contributed by atoms with Gasteiger partial charge in [-0.25, -0.2) is 0 Å². The first-order chi connectivity index (χ1) is 13.1. The van der Waals surface area contributed by atoms with E-state index in [1.807, 2.05) is 18.2 Å². The van der Waals surface area contributed by atoms with Crippen LogP contribution in [0.1, 0.15) is 44.6 Å². The van der Waals surface area contributed by atoms with E-state index in [4.69, 9.17) is 9.47 Å². The van der Waals surface area contributed by atoms with Crippen LogP contribution < -0.4 is 4.74 Å². The summed E-state index contributed by atoms with van der Waals surface area (Å²) in [6.45, 7) is 2.03. The van der Waals surface area contributed by atoms with E-state index in [0.717, 1.165) is 34.4 Å². The molecule has 27 heavy (non-hydrogen) atoms. The summed E-state index contributed by atoms with van der Waals surface area (Å²) >= 11 is 0. The van der Waals surface area contributed by atoms with Crippen LogP contribution in [-0.4, -0.2) is 5.97 Å². The topological polar surface area (TPSA) is 35.5 Å². The van der Waals surface area contributed by atoms with Crippen molar-refractivity contribution in [2.75, 3.05) is 0 Å². The summed E-state index contributed by atoms with van der Waals surface area (Å²) in [5.41, 5.74) is 2.76. The van der Waals surface area contributed by atoms with E-state index in [9.17, 15) is 4.79 Å². The van der Waals surface area contributed by atoms with Gasteiger partial charge < -0.3 is 9.47 Å². The Labute approximate surface area is 160 Å². The Morgan fingerprint density at radius 2 is 1.63 bits per heavy atom. The third-order valence-corrected chi connectivity index (χ3v) is 6.69. The molecule has 4 aliphatic carbocycles. The molecule has 3 heteroatoms. The lowest BCUT2D eigenvalue weighted by atomic mass is 9.54. The normalized spacial score (nSPS) is 28.4. The Bertz CT molecular complexity index is 881. The number of hydrogen-bond donors (Lipinski definition) is 0. The van der Waals surface area contributed by atoms with Crippen molar-refractivity contribution in [3.63, 3.8) is 0 Å². The molecule has 0 heterocycles. The molecule has 0 aromatic heterocycles. The molecule has 0 spiro atoms. The van der Waals surface area contributed by atoms with E-state index in [1.165, 1.54) is 44.6 Å². The van der Waals surface area contributed by atoms with Crippen LogP contribution in [0.3, 0.4) is 0 Å². The van der Waals surface area contributed by atoms with E-state index in [1.54, 1.807) is 5.57 Å². The van der Waals surface area contributed by atoms with Crippen molar-refractivity contribution in [1.29, 1.82) is 0 Å². The van der Waals surface area contributed by atoms with Gasteiger partial charge >= 0.3 is 5.97 Å². The molecule has 0 saturated heterocycles. The van der Waals surface area contributed by atoms with Crippen molar-refractivity contribution in [2.45, 2.75) is 45.6 Å². The fraction of sp³-hybridized carbons (Fsp3) is 0.458. The number of esters is 1. The third kappa shape index (κ3) is 3.36. The maximum atomic E-state index is 11.1. The first kappa shape index (κ1) is 16.9. The Kier molecular flexibility index (Phi) is 4.18. The molecule has 4 bridgehead atoms. The Balaban J connectivity index is 1.27. The highest BCUT2D eigenvalue weighted by atomic mass is 16.5. The van der Waals surface area contributed by atoms with Crippen molar-refractivity contribution in [2.24, 2.45) is 23.7 Å². The molecule has 0 N–H and O–H groups in total. The van der Waals surface area contributed by atoms with Crippen LogP contribution in [0.15, 0.2) is 48.2 Å². The Morgan fingerprint density at radius 3 is 2.33 bits per heavy atom. The van der Waals surface area contributed by atoms with Crippen LogP contribution in [0, 0.1) is 23.7 Å². The molecule has 4 aliphatic rings. The Morgan fingerprint density at radius 1 is 0.963 bits per heavy atom. The SMILES string of the molecule is CC(=O)Oc1ccc2cc(COC=C3C4CC5CC(C4)CC3C5)ccc2c1. The summed E-state index contributed by atoms with van der Waals surface area (Å²) in [7, 11) is 0. The van der Waals surface area contributed by atoms with E-state index < -0.39 is 0 Å². The third-order valence-electron chi connectivity index (χ3n) is 6.69. The Hall–Kier alpha value is -2.29. The van der Waals surface area contributed by atoms with Crippen molar-refractivity contribution in [3.8, 4) is 5.75 Å². The maximum Gasteiger partial charge on any atom is 0.308 e. The molecule has 4 fully saturated rings. The summed E-state index contributed by atoms with van der Waals surface area (Å²) in [6, 6.07) is 12.0. The van der Waals surface area contributed by atoms with Gasteiger partial charge in [-0.05, 0) is 95.9 Å². The zero-order chi connectivity index (χ0) is 18.4. The monoisotopic (exact) mass is 362 g/mol. The van der Waals surface area contributed by atoms with Crippen LogP contribution in [0.2, 0.25) is 0 Å². The van der Waals surface area contributed by atoms with Crippen LogP contribution in [0.4, 0.5) is 0 Å². The fourth-order valence-electron chi connectivity index (χ4n) is 5.75. The molecule has 2 aromatic carbocycles. The first-order valence-electron chi connectivity index (χ1n) is 10.2. The quantitative estimate of drug-likeness (QED) is 0.402. The number of carbonyl (C=O) groups excluding carboxylic acids is 1. The van der Waals surface area contributed by atoms with E-state index in [0.29, 0.717) is 12.4 Å². The molecule has 4 saturated carbocycles. The highest BCUT2D eigenvalue weighted by Gasteiger charge is 2.45. The largest absolute Gasteiger partial charge is 0.497 e. The minimum Gasteiger partial charge on any atom is -0.497 e. The number of hydrogen-bond acceptors (Lipinski definition) is 3. The highest BCUT2D eigenvalue weighted by molar-refractivity contribution is 5.85. The van der Waals surface area contributed by atoms with Crippen molar-refractivity contribution < 1.29 is 14.3 Å². The zero-order valence-electron chi connectivity index (χ0n) is 15.8. The van der Waals surface area contributed by atoms with E-state index in [2.05, 4.69) is 24.5 Å². The van der Waals surface area contributed by atoms with Crippen LogP contribution in [0.5, 0.6) is 5.75 Å². The summed E-state index contributed by atoms with van der Waals surface area (Å²) in [6.07, 6.45) is 9.15. The summed E-state index contributed by atoms with van der Waals surface area (Å²) in [5.74, 6) is 3.85. The number of carbonyl (C=O) groups is 1. The average molecular weight is 362 g/mol. The highest BCUT2D eigenvalue weighted by Crippen LogP contribution is 2.56. The molecule has 0 radical (unpaired) electrons.